The zero-order valence-electron chi connectivity index (χ0n) is 9.63. The molecule has 0 fully saturated rings. The van der Waals surface area contributed by atoms with Crippen LogP contribution < -0.4 is 4.74 Å². The lowest BCUT2D eigenvalue weighted by Gasteiger charge is -2.13. The van der Waals surface area contributed by atoms with Gasteiger partial charge in [0.2, 0.25) is 0 Å². The molecule has 5 heteroatoms. The van der Waals surface area contributed by atoms with Gasteiger partial charge in [-0.05, 0) is 24.6 Å². The molecule has 1 unspecified atom stereocenters. The van der Waals surface area contributed by atoms with E-state index in [1.54, 1.807) is 24.3 Å². The molecule has 1 aromatic carbocycles. The van der Waals surface area contributed by atoms with E-state index in [0.717, 1.165) is 0 Å². The highest BCUT2D eigenvalue weighted by Crippen LogP contribution is 2.21. The van der Waals surface area contributed by atoms with Gasteiger partial charge < -0.3 is 19.7 Å². The van der Waals surface area contributed by atoms with Crippen molar-refractivity contribution in [2.24, 2.45) is 0 Å². The number of aliphatic carboxylic acids is 1. The number of aliphatic hydroxyl groups excluding tert-OH is 1. The third kappa shape index (κ3) is 4.05. The second kappa shape index (κ2) is 6.88. The maximum Gasteiger partial charge on any atom is 0.337 e. The molecule has 0 heterocycles. The maximum absolute atomic E-state index is 11.0. The van der Waals surface area contributed by atoms with Gasteiger partial charge in [0.15, 0.2) is 6.10 Å². The fourth-order valence-corrected chi connectivity index (χ4v) is 1.39. The summed E-state index contributed by atoms with van der Waals surface area (Å²) in [6.45, 7) is 2.21. The molecule has 0 aromatic heterocycles. The smallest absolute Gasteiger partial charge is 0.337 e. The monoisotopic (exact) mass is 240 g/mol. The summed E-state index contributed by atoms with van der Waals surface area (Å²) in [5, 5.41) is 17.6. The van der Waals surface area contributed by atoms with E-state index >= 15 is 0 Å². The number of rotatable bonds is 7. The van der Waals surface area contributed by atoms with Crippen LogP contribution >= 0.6 is 0 Å². The molecule has 2 N–H and O–H groups in total. The minimum atomic E-state index is -1.08. The lowest BCUT2D eigenvalue weighted by atomic mass is 10.1. The van der Waals surface area contributed by atoms with Crippen molar-refractivity contribution in [2.75, 3.05) is 19.8 Å². The fraction of sp³-hybridized carbons (Fsp3) is 0.417. The second-order valence-electron chi connectivity index (χ2n) is 3.31. The molecule has 0 bridgehead atoms. The highest BCUT2D eigenvalue weighted by atomic mass is 16.5. The molecule has 1 atom stereocenters. The molecule has 0 aliphatic carbocycles. The van der Waals surface area contributed by atoms with Crippen molar-refractivity contribution >= 4 is 5.97 Å². The van der Waals surface area contributed by atoms with Crippen molar-refractivity contribution in [3.05, 3.63) is 29.8 Å². The summed E-state index contributed by atoms with van der Waals surface area (Å²) in [7, 11) is 0. The molecule has 0 saturated heterocycles. The van der Waals surface area contributed by atoms with E-state index in [4.69, 9.17) is 19.7 Å². The van der Waals surface area contributed by atoms with Crippen LogP contribution in [0.1, 0.15) is 18.6 Å². The predicted molar refractivity (Wildman–Crippen MR) is 61.0 cm³/mol. The third-order valence-corrected chi connectivity index (χ3v) is 2.09. The number of hydrogen-bond donors (Lipinski definition) is 2. The molecule has 0 amide bonds. The van der Waals surface area contributed by atoms with Crippen molar-refractivity contribution in [1.29, 1.82) is 0 Å². The van der Waals surface area contributed by atoms with Gasteiger partial charge in [-0.25, -0.2) is 4.79 Å². The van der Waals surface area contributed by atoms with Crippen LogP contribution in [0.25, 0.3) is 0 Å². The van der Waals surface area contributed by atoms with Crippen molar-refractivity contribution in [1.82, 2.24) is 0 Å². The Balaban J connectivity index is 2.76. The number of aliphatic hydroxyl groups is 1. The van der Waals surface area contributed by atoms with E-state index in [0.29, 0.717) is 17.9 Å². The first-order valence-corrected chi connectivity index (χ1v) is 5.37. The Kier molecular flexibility index (Phi) is 5.45. The number of hydrogen-bond acceptors (Lipinski definition) is 4. The molecule has 0 radical (unpaired) electrons. The molecule has 5 nitrogen and oxygen atoms in total. The molecule has 0 spiro atoms. The van der Waals surface area contributed by atoms with E-state index in [1.807, 2.05) is 6.92 Å². The number of ether oxygens (including phenoxy) is 2. The van der Waals surface area contributed by atoms with Gasteiger partial charge >= 0.3 is 5.97 Å². The Morgan fingerprint density at radius 2 is 2.00 bits per heavy atom. The van der Waals surface area contributed by atoms with Gasteiger partial charge in [0.25, 0.3) is 0 Å². The summed E-state index contributed by atoms with van der Waals surface area (Å²) in [4.78, 5) is 11.0. The van der Waals surface area contributed by atoms with Gasteiger partial charge in [-0.15, -0.1) is 0 Å². The van der Waals surface area contributed by atoms with Gasteiger partial charge in [-0.1, -0.05) is 12.1 Å². The van der Waals surface area contributed by atoms with Gasteiger partial charge in [-0.2, -0.15) is 0 Å². The average molecular weight is 240 g/mol. The van der Waals surface area contributed by atoms with Crippen molar-refractivity contribution in [3.8, 4) is 5.75 Å². The number of carbonyl (C=O) groups is 1. The Bertz CT molecular complexity index is 346. The molecular formula is C12H16O5. The van der Waals surface area contributed by atoms with Crippen LogP contribution in [0.2, 0.25) is 0 Å². The zero-order chi connectivity index (χ0) is 12.7. The van der Waals surface area contributed by atoms with Crippen molar-refractivity contribution in [3.63, 3.8) is 0 Å². The minimum absolute atomic E-state index is 0.00974. The summed E-state index contributed by atoms with van der Waals surface area (Å²) >= 11 is 0. The standard InChI is InChI=1S/C12H16O5/c1-2-16-10-5-3-9(4-6-10)11(12(14)15)17-8-7-13/h3-6,11,13H,2,7-8H2,1H3,(H,14,15). The average Bonchev–Trinajstić information content (AvgIpc) is 2.31. The molecule has 1 rings (SSSR count). The van der Waals surface area contributed by atoms with Crippen LogP contribution in [0, 0.1) is 0 Å². The Morgan fingerprint density at radius 1 is 1.35 bits per heavy atom. The van der Waals surface area contributed by atoms with Crippen LogP contribution in [-0.4, -0.2) is 36.0 Å². The normalized spacial score (nSPS) is 12.1. The van der Waals surface area contributed by atoms with Crippen LogP contribution in [0.4, 0.5) is 0 Å². The zero-order valence-corrected chi connectivity index (χ0v) is 9.63. The first-order valence-electron chi connectivity index (χ1n) is 5.37. The number of benzene rings is 1. The molecule has 0 aliphatic rings. The van der Waals surface area contributed by atoms with E-state index < -0.39 is 12.1 Å². The molecule has 17 heavy (non-hydrogen) atoms. The summed E-state index contributed by atoms with van der Waals surface area (Å²) < 4.78 is 10.3. The number of carboxylic acid groups (broad SMARTS) is 1. The van der Waals surface area contributed by atoms with Crippen LogP contribution in [0.5, 0.6) is 5.75 Å². The highest BCUT2D eigenvalue weighted by Gasteiger charge is 2.20. The summed E-state index contributed by atoms with van der Waals surface area (Å²) in [6, 6.07) is 6.66. The molecule has 0 saturated carbocycles. The Hall–Kier alpha value is -1.59. The van der Waals surface area contributed by atoms with E-state index in [9.17, 15) is 4.79 Å². The van der Waals surface area contributed by atoms with Crippen LogP contribution in [-0.2, 0) is 9.53 Å². The van der Waals surface area contributed by atoms with Gasteiger partial charge in [0, 0.05) is 0 Å². The second-order valence-corrected chi connectivity index (χ2v) is 3.31. The van der Waals surface area contributed by atoms with E-state index in [1.165, 1.54) is 0 Å². The Morgan fingerprint density at radius 3 is 2.47 bits per heavy atom. The molecule has 94 valence electrons. The van der Waals surface area contributed by atoms with E-state index in [2.05, 4.69) is 0 Å². The molecular weight excluding hydrogens is 224 g/mol. The van der Waals surface area contributed by atoms with Gasteiger partial charge in [-0.3, -0.25) is 0 Å². The Labute approximate surface area is 99.6 Å². The van der Waals surface area contributed by atoms with Crippen LogP contribution in [0.3, 0.4) is 0 Å². The summed E-state index contributed by atoms with van der Waals surface area (Å²) in [5.74, 6) is -0.398. The molecule has 0 aliphatic heterocycles. The first-order chi connectivity index (χ1) is 8.19. The fourth-order valence-electron chi connectivity index (χ4n) is 1.39. The maximum atomic E-state index is 11.0. The van der Waals surface area contributed by atoms with Gasteiger partial charge in [0.05, 0.1) is 19.8 Å². The highest BCUT2D eigenvalue weighted by molar-refractivity contribution is 5.74. The predicted octanol–water partition coefficient (Wildman–Crippen LogP) is 1.22. The third-order valence-electron chi connectivity index (χ3n) is 2.09. The first kappa shape index (κ1) is 13.5. The minimum Gasteiger partial charge on any atom is -0.494 e. The lowest BCUT2D eigenvalue weighted by Crippen LogP contribution is -2.17. The number of carboxylic acids is 1. The topological polar surface area (TPSA) is 76.0 Å². The van der Waals surface area contributed by atoms with Crippen LogP contribution in [0.15, 0.2) is 24.3 Å². The largest absolute Gasteiger partial charge is 0.494 e. The quantitative estimate of drug-likeness (QED) is 0.749. The summed E-state index contributed by atoms with van der Waals surface area (Å²) in [5.41, 5.74) is 0.523. The van der Waals surface area contributed by atoms with Crippen molar-refractivity contribution in [2.45, 2.75) is 13.0 Å². The lowest BCUT2D eigenvalue weighted by molar-refractivity contribution is -0.151. The summed E-state index contributed by atoms with van der Waals surface area (Å²) in [6.07, 6.45) is -1.06. The van der Waals surface area contributed by atoms with Gasteiger partial charge in [0.1, 0.15) is 5.75 Å². The SMILES string of the molecule is CCOc1ccc(C(OCCO)C(=O)O)cc1. The molecule has 1 aromatic rings. The van der Waals surface area contributed by atoms with Crippen molar-refractivity contribution < 1.29 is 24.5 Å². The van der Waals surface area contributed by atoms with E-state index in [-0.39, 0.29) is 13.2 Å².